The Bertz CT molecular complexity index is 477. The van der Waals surface area contributed by atoms with Gasteiger partial charge < -0.3 is 4.74 Å². The molecular weight excluding hydrogens is 210 g/mol. The summed E-state index contributed by atoms with van der Waals surface area (Å²) in [6.07, 6.45) is 4.16. The number of hydrogen-bond donors (Lipinski definition) is 0. The van der Waals surface area contributed by atoms with Crippen LogP contribution in [0.25, 0.3) is 0 Å². The average Bonchev–Trinajstić information content (AvgIpc) is 2.32. The van der Waals surface area contributed by atoms with Crippen LogP contribution in [-0.4, -0.2) is 6.61 Å². The lowest BCUT2D eigenvalue weighted by Gasteiger charge is -2.04. The van der Waals surface area contributed by atoms with E-state index in [9.17, 15) is 0 Å². The molecule has 0 atom stereocenters. The first-order valence-corrected chi connectivity index (χ1v) is 5.89. The summed E-state index contributed by atoms with van der Waals surface area (Å²) in [6, 6.07) is 12.3. The Morgan fingerprint density at radius 1 is 1.00 bits per heavy atom. The lowest BCUT2D eigenvalue weighted by atomic mass is 10.2. The molecule has 88 valence electrons. The first-order chi connectivity index (χ1) is 8.24. The maximum Gasteiger partial charge on any atom is 0.182 e. The van der Waals surface area contributed by atoms with Crippen LogP contribution in [0.3, 0.4) is 0 Å². The number of rotatable bonds is 4. The summed E-state index contributed by atoms with van der Waals surface area (Å²) in [6.45, 7) is 5.72. The number of nitrogens with zero attached hydrogens (tertiary/aromatic N) is 1. The summed E-state index contributed by atoms with van der Waals surface area (Å²) in [5.74, 6) is 0.942. The molecule has 0 aliphatic rings. The standard InChI is InChI=1S/C15H18NO/c1-13-6-8-16(9-7-13)10-11-17-15-5-3-4-14(2)12-15/h3-9,12H,10-11H2,1-2H3/q+1. The van der Waals surface area contributed by atoms with Gasteiger partial charge in [0, 0.05) is 12.1 Å². The molecule has 17 heavy (non-hydrogen) atoms. The molecule has 2 rings (SSSR count). The van der Waals surface area contributed by atoms with E-state index in [0.29, 0.717) is 6.61 Å². The highest BCUT2D eigenvalue weighted by Crippen LogP contribution is 2.11. The summed E-state index contributed by atoms with van der Waals surface area (Å²) in [7, 11) is 0. The van der Waals surface area contributed by atoms with Crippen molar-refractivity contribution < 1.29 is 9.30 Å². The Morgan fingerprint density at radius 3 is 2.47 bits per heavy atom. The van der Waals surface area contributed by atoms with Crippen LogP contribution >= 0.6 is 0 Å². The van der Waals surface area contributed by atoms with Crippen LogP contribution in [0, 0.1) is 13.8 Å². The second-order valence-corrected chi connectivity index (χ2v) is 4.28. The molecule has 0 fully saturated rings. The molecule has 0 saturated heterocycles. The molecule has 0 N–H and O–H groups in total. The molecule has 2 nitrogen and oxygen atoms in total. The number of ether oxygens (including phenoxy) is 1. The first kappa shape index (κ1) is 11.6. The van der Waals surface area contributed by atoms with E-state index in [1.807, 2.05) is 12.1 Å². The van der Waals surface area contributed by atoms with Crippen LogP contribution in [-0.2, 0) is 6.54 Å². The highest BCUT2D eigenvalue weighted by atomic mass is 16.5. The zero-order valence-corrected chi connectivity index (χ0v) is 10.4. The lowest BCUT2D eigenvalue weighted by Crippen LogP contribution is -2.35. The topological polar surface area (TPSA) is 13.1 Å². The van der Waals surface area contributed by atoms with Crippen LogP contribution in [0.5, 0.6) is 5.75 Å². The van der Waals surface area contributed by atoms with Gasteiger partial charge in [-0.1, -0.05) is 12.1 Å². The van der Waals surface area contributed by atoms with Crippen molar-refractivity contribution in [2.75, 3.05) is 6.61 Å². The maximum atomic E-state index is 5.70. The van der Waals surface area contributed by atoms with Gasteiger partial charge in [0.2, 0.25) is 0 Å². The minimum atomic E-state index is 0.692. The molecule has 0 aliphatic heterocycles. The van der Waals surface area contributed by atoms with Crippen molar-refractivity contribution in [2.45, 2.75) is 20.4 Å². The van der Waals surface area contributed by atoms with Crippen LogP contribution in [0.4, 0.5) is 0 Å². The summed E-state index contributed by atoms with van der Waals surface area (Å²) in [5.41, 5.74) is 2.51. The second kappa shape index (κ2) is 5.48. The van der Waals surface area contributed by atoms with Gasteiger partial charge >= 0.3 is 0 Å². The molecule has 0 saturated carbocycles. The van der Waals surface area contributed by atoms with E-state index >= 15 is 0 Å². The number of benzene rings is 1. The van der Waals surface area contributed by atoms with E-state index in [2.05, 4.69) is 55.1 Å². The van der Waals surface area contributed by atoms with Gasteiger partial charge in [0.1, 0.15) is 12.4 Å². The van der Waals surface area contributed by atoms with Crippen LogP contribution in [0.1, 0.15) is 11.1 Å². The minimum Gasteiger partial charge on any atom is -0.487 e. The van der Waals surface area contributed by atoms with Crippen molar-refractivity contribution in [2.24, 2.45) is 0 Å². The quantitative estimate of drug-likeness (QED) is 0.733. The molecule has 2 heteroatoms. The normalized spacial score (nSPS) is 10.2. The van der Waals surface area contributed by atoms with Crippen LogP contribution < -0.4 is 9.30 Å². The first-order valence-electron chi connectivity index (χ1n) is 5.89. The van der Waals surface area contributed by atoms with Gasteiger partial charge in [-0.15, -0.1) is 0 Å². The summed E-state index contributed by atoms with van der Waals surface area (Å²) < 4.78 is 7.83. The monoisotopic (exact) mass is 228 g/mol. The predicted octanol–water partition coefficient (Wildman–Crippen LogP) is 2.67. The maximum absolute atomic E-state index is 5.70. The number of hydrogen-bond acceptors (Lipinski definition) is 1. The molecule has 0 amide bonds. The van der Waals surface area contributed by atoms with Crippen molar-refractivity contribution in [3.05, 3.63) is 59.9 Å². The summed E-state index contributed by atoms with van der Waals surface area (Å²) in [5, 5.41) is 0. The Hall–Kier alpha value is -1.83. The van der Waals surface area contributed by atoms with Gasteiger partial charge in [0.15, 0.2) is 18.9 Å². The van der Waals surface area contributed by atoms with Crippen LogP contribution in [0.15, 0.2) is 48.8 Å². The van der Waals surface area contributed by atoms with Gasteiger partial charge in [-0.3, -0.25) is 0 Å². The van der Waals surface area contributed by atoms with E-state index in [0.717, 1.165) is 12.3 Å². The fraction of sp³-hybridized carbons (Fsp3) is 0.267. The van der Waals surface area contributed by atoms with Gasteiger partial charge in [0.25, 0.3) is 0 Å². The molecule has 0 spiro atoms. The summed E-state index contributed by atoms with van der Waals surface area (Å²) >= 11 is 0. The fourth-order valence-corrected chi connectivity index (χ4v) is 1.65. The van der Waals surface area contributed by atoms with E-state index in [-0.39, 0.29) is 0 Å². The third kappa shape index (κ3) is 3.59. The Morgan fingerprint density at radius 2 is 1.76 bits per heavy atom. The van der Waals surface area contributed by atoms with Gasteiger partial charge in [-0.05, 0) is 37.1 Å². The minimum absolute atomic E-state index is 0.692. The SMILES string of the molecule is Cc1cc[n+](CCOc2cccc(C)c2)cc1. The van der Waals surface area contributed by atoms with Gasteiger partial charge in [0.05, 0.1) is 0 Å². The van der Waals surface area contributed by atoms with Crippen molar-refractivity contribution in [3.8, 4) is 5.75 Å². The van der Waals surface area contributed by atoms with E-state index in [1.54, 1.807) is 0 Å². The molecule has 2 aromatic rings. The Kier molecular flexibility index (Phi) is 3.76. The average molecular weight is 228 g/mol. The Labute approximate surface area is 102 Å². The van der Waals surface area contributed by atoms with Crippen molar-refractivity contribution in [3.63, 3.8) is 0 Å². The molecule has 0 bridgehead atoms. The van der Waals surface area contributed by atoms with Crippen LogP contribution in [0.2, 0.25) is 0 Å². The highest BCUT2D eigenvalue weighted by molar-refractivity contribution is 5.27. The van der Waals surface area contributed by atoms with E-state index in [4.69, 9.17) is 4.74 Å². The molecule has 0 aliphatic carbocycles. The number of aromatic nitrogens is 1. The van der Waals surface area contributed by atoms with Crippen molar-refractivity contribution >= 4 is 0 Å². The molecule has 0 unspecified atom stereocenters. The molecule has 1 heterocycles. The summed E-state index contributed by atoms with van der Waals surface area (Å²) in [4.78, 5) is 0. The van der Waals surface area contributed by atoms with Gasteiger partial charge in [-0.25, -0.2) is 4.57 Å². The molecule has 0 radical (unpaired) electrons. The van der Waals surface area contributed by atoms with Gasteiger partial charge in [-0.2, -0.15) is 0 Å². The van der Waals surface area contributed by atoms with Crippen molar-refractivity contribution in [1.29, 1.82) is 0 Å². The Balaban J connectivity index is 1.85. The third-order valence-corrected chi connectivity index (χ3v) is 2.67. The molecular formula is C15H18NO+. The van der Waals surface area contributed by atoms with Crippen molar-refractivity contribution in [1.82, 2.24) is 0 Å². The second-order valence-electron chi connectivity index (χ2n) is 4.28. The number of pyridine rings is 1. The zero-order chi connectivity index (χ0) is 12.1. The predicted molar refractivity (Wildman–Crippen MR) is 68.0 cm³/mol. The molecule has 1 aromatic carbocycles. The fourth-order valence-electron chi connectivity index (χ4n) is 1.65. The smallest absolute Gasteiger partial charge is 0.182 e. The van der Waals surface area contributed by atoms with E-state index in [1.165, 1.54) is 11.1 Å². The largest absolute Gasteiger partial charge is 0.487 e. The lowest BCUT2D eigenvalue weighted by molar-refractivity contribution is -0.697. The zero-order valence-electron chi connectivity index (χ0n) is 10.4. The third-order valence-electron chi connectivity index (χ3n) is 2.67. The van der Waals surface area contributed by atoms with E-state index < -0.39 is 0 Å². The molecule has 1 aromatic heterocycles. The highest BCUT2D eigenvalue weighted by Gasteiger charge is 2.00. The number of aryl methyl sites for hydroxylation is 2.